The average molecular weight is 320 g/mol. The number of thiazole rings is 1. The van der Waals surface area contributed by atoms with Gasteiger partial charge in [-0.1, -0.05) is 6.92 Å². The number of aromatic nitrogens is 1. The molecule has 0 radical (unpaired) electrons. The molecule has 1 aliphatic heterocycles. The van der Waals surface area contributed by atoms with Crippen LogP contribution in [-0.4, -0.2) is 51.1 Å². The van der Waals surface area contributed by atoms with Crippen molar-refractivity contribution in [2.75, 3.05) is 32.8 Å². The van der Waals surface area contributed by atoms with E-state index >= 15 is 0 Å². The first kappa shape index (κ1) is 15.8. The predicted octanol–water partition coefficient (Wildman–Crippen LogP) is -0.0808. The zero-order valence-electron chi connectivity index (χ0n) is 11.5. The number of ether oxygens (including phenoxy) is 1. The van der Waals surface area contributed by atoms with Crippen molar-refractivity contribution in [3.8, 4) is 0 Å². The van der Waals surface area contributed by atoms with Gasteiger partial charge in [-0.25, -0.2) is 9.71 Å². The van der Waals surface area contributed by atoms with Gasteiger partial charge in [0.25, 0.3) is 10.2 Å². The van der Waals surface area contributed by atoms with Crippen molar-refractivity contribution < 1.29 is 13.2 Å². The van der Waals surface area contributed by atoms with Gasteiger partial charge in [0.05, 0.1) is 25.5 Å². The quantitative estimate of drug-likeness (QED) is 0.734. The third-order valence-electron chi connectivity index (χ3n) is 2.84. The Morgan fingerprint density at radius 1 is 1.40 bits per heavy atom. The van der Waals surface area contributed by atoms with Crippen LogP contribution in [0.3, 0.4) is 0 Å². The Labute approximate surface area is 123 Å². The van der Waals surface area contributed by atoms with E-state index in [1.807, 2.05) is 5.38 Å². The molecule has 0 saturated carbocycles. The monoisotopic (exact) mass is 320 g/mol. The summed E-state index contributed by atoms with van der Waals surface area (Å²) in [6, 6.07) is 0. The van der Waals surface area contributed by atoms with Crippen molar-refractivity contribution in [3.05, 3.63) is 16.1 Å². The first-order valence-electron chi connectivity index (χ1n) is 6.56. The number of morpholine rings is 1. The Bertz CT molecular complexity index is 511. The molecule has 1 aromatic heterocycles. The maximum Gasteiger partial charge on any atom is 0.277 e. The van der Waals surface area contributed by atoms with Crippen LogP contribution in [0.2, 0.25) is 0 Å². The van der Waals surface area contributed by atoms with E-state index in [1.54, 1.807) is 6.92 Å². The second kappa shape index (κ2) is 7.43. The lowest BCUT2D eigenvalue weighted by Crippen LogP contribution is -2.36. The zero-order chi connectivity index (χ0) is 14.4. The van der Waals surface area contributed by atoms with Gasteiger partial charge in [-0.05, 0) is 0 Å². The van der Waals surface area contributed by atoms with Gasteiger partial charge in [0.2, 0.25) is 0 Å². The van der Waals surface area contributed by atoms with E-state index in [2.05, 4.69) is 19.3 Å². The van der Waals surface area contributed by atoms with E-state index in [-0.39, 0.29) is 6.54 Å². The van der Waals surface area contributed by atoms with Crippen molar-refractivity contribution in [2.24, 2.45) is 0 Å². The summed E-state index contributed by atoms with van der Waals surface area (Å²) in [5.41, 5.74) is 0.981. The molecule has 1 saturated heterocycles. The molecule has 2 heterocycles. The van der Waals surface area contributed by atoms with Crippen LogP contribution < -0.4 is 9.44 Å². The van der Waals surface area contributed by atoms with Crippen LogP contribution in [0.4, 0.5) is 0 Å². The van der Waals surface area contributed by atoms with E-state index in [0.29, 0.717) is 6.54 Å². The van der Waals surface area contributed by atoms with Gasteiger partial charge in [-0.15, -0.1) is 11.3 Å². The van der Waals surface area contributed by atoms with E-state index in [0.717, 1.165) is 43.5 Å². The summed E-state index contributed by atoms with van der Waals surface area (Å²) in [5.74, 6) is 0. The summed E-state index contributed by atoms with van der Waals surface area (Å²) in [5, 5.41) is 2.75. The van der Waals surface area contributed by atoms with Crippen molar-refractivity contribution >= 4 is 21.5 Å². The maximum absolute atomic E-state index is 11.5. The first-order valence-corrected chi connectivity index (χ1v) is 8.93. The number of rotatable bonds is 7. The van der Waals surface area contributed by atoms with Crippen molar-refractivity contribution in [1.29, 1.82) is 0 Å². The fourth-order valence-electron chi connectivity index (χ4n) is 1.89. The Morgan fingerprint density at radius 2 is 2.15 bits per heavy atom. The molecule has 9 heteroatoms. The molecule has 0 bridgehead atoms. The second-order valence-corrected chi connectivity index (χ2v) is 6.97. The van der Waals surface area contributed by atoms with Crippen LogP contribution in [0.25, 0.3) is 0 Å². The summed E-state index contributed by atoms with van der Waals surface area (Å²) in [7, 11) is -3.41. The Hall–Kier alpha value is -0.580. The highest BCUT2D eigenvalue weighted by Gasteiger charge is 2.13. The van der Waals surface area contributed by atoms with Crippen LogP contribution in [0.5, 0.6) is 0 Å². The van der Waals surface area contributed by atoms with Gasteiger partial charge < -0.3 is 4.74 Å². The molecule has 20 heavy (non-hydrogen) atoms. The average Bonchev–Trinajstić information content (AvgIpc) is 2.85. The second-order valence-electron chi connectivity index (χ2n) is 4.44. The summed E-state index contributed by atoms with van der Waals surface area (Å²) in [6.45, 7) is 6.49. The van der Waals surface area contributed by atoms with Gasteiger partial charge in [0, 0.05) is 31.6 Å². The Balaban J connectivity index is 1.82. The molecule has 0 aromatic carbocycles. The molecule has 0 atom stereocenters. The van der Waals surface area contributed by atoms with Gasteiger partial charge in [0.1, 0.15) is 5.01 Å². The zero-order valence-corrected chi connectivity index (χ0v) is 13.1. The Kier molecular flexibility index (Phi) is 5.87. The molecule has 1 aromatic rings. The smallest absolute Gasteiger partial charge is 0.277 e. The molecule has 1 fully saturated rings. The van der Waals surface area contributed by atoms with Crippen LogP contribution in [0, 0.1) is 0 Å². The highest BCUT2D eigenvalue weighted by atomic mass is 32.2. The molecule has 2 rings (SSSR count). The molecule has 0 aliphatic carbocycles. The summed E-state index contributed by atoms with van der Waals surface area (Å²) in [6.07, 6.45) is 0. The summed E-state index contributed by atoms with van der Waals surface area (Å²) in [4.78, 5) is 6.73. The van der Waals surface area contributed by atoms with Crippen molar-refractivity contribution in [2.45, 2.75) is 20.0 Å². The molecule has 1 aliphatic rings. The lowest BCUT2D eigenvalue weighted by molar-refractivity contribution is 0.0337. The molecule has 0 unspecified atom stereocenters. The number of nitrogens with one attached hydrogen (secondary N) is 2. The molecule has 7 nitrogen and oxygen atoms in total. The Morgan fingerprint density at radius 3 is 2.85 bits per heavy atom. The third-order valence-corrected chi connectivity index (χ3v) is 4.93. The van der Waals surface area contributed by atoms with Crippen LogP contribution in [0.15, 0.2) is 5.38 Å². The summed E-state index contributed by atoms with van der Waals surface area (Å²) >= 11 is 1.47. The minimum atomic E-state index is -3.41. The number of hydrogen-bond acceptors (Lipinski definition) is 6. The summed E-state index contributed by atoms with van der Waals surface area (Å²) < 4.78 is 33.1. The number of hydrogen-bond donors (Lipinski definition) is 2. The van der Waals surface area contributed by atoms with Crippen LogP contribution in [-0.2, 0) is 28.0 Å². The first-order chi connectivity index (χ1) is 9.59. The van der Waals surface area contributed by atoms with E-state index in [1.165, 1.54) is 11.3 Å². The van der Waals surface area contributed by atoms with E-state index < -0.39 is 10.2 Å². The number of nitrogens with zero attached hydrogens (tertiary/aromatic N) is 2. The standard InChI is InChI=1S/C11H20N4O3S2/c1-2-12-20(16,17)13-7-11-14-10(9-19-11)8-15-3-5-18-6-4-15/h9,12-13H,2-8H2,1H3. The van der Waals surface area contributed by atoms with Crippen molar-refractivity contribution in [1.82, 2.24) is 19.3 Å². The minimum absolute atomic E-state index is 0.225. The van der Waals surface area contributed by atoms with Gasteiger partial charge in [0.15, 0.2) is 0 Å². The maximum atomic E-state index is 11.5. The van der Waals surface area contributed by atoms with Crippen LogP contribution >= 0.6 is 11.3 Å². The van der Waals surface area contributed by atoms with Crippen LogP contribution in [0.1, 0.15) is 17.6 Å². The van der Waals surface area contributed by atoms with Gasteiger partial charge >= 0.3 is 0 Å². The normalized spacial score (nSPS) is 17.4. The lowest BCUT2D eigenvalue weighted by atomic mass is 10.3. The van der Waals surface area contributed by atoms with E-state index in [4.69, 9.17) is 4.74 Å². The fraction of sp³-hybridized carbons (Fsp3) is 0.727. The van der Waals surface area contributed by atoms with E-state index in [9.17, 15) is 8.42 Å². The molecular weight excluding hydrogens is 300 g/mol. The predicted molar refractivity (Wildman–Crippen MR) is 77.6 cm³/mol. The highest BCUT2D eigenvalue weighted by Crippen LogP contribution is 2.12. The largest absolute Gasteiger partial charge is 0.379 e. The molecular formula is C11H20N4O3S2. The van der Waals surface area contributed by atoms with Gasteiger partial charge in [-0.3, -0.25) is 4.90 Å². The topological polar surface area (TPSA) is 83.6 Å². The SMILES string of the molecule is CCNS(=O)(=O)NCc1nc(CN2CCOCC2)cs1. The lowest BCUT2D eigenvalue weighted by Gasteiger charge is -2.25. The minimum Gasteiger partial charge on any atom is -0.379 e. The molecule has 114 valence electrons. The molecule has 0 amide bonds. The highest BCUT2D eigenvalue weighted by molar-refractivity contribution is 7.87. The van der Waals surface area contributed by atoms with Crippen molar-refractivity contribution in [3.63, 3.8) is 0 Å². The fourth-order valence-corrected chi connectivity index (χ4v) is 3.51. The molecule has 2 N–H and O–H groups in total. The molecule has 0 spiro atoms. The van der Waals surface area contributed by atoms with Gasteiger partial charge in [-0.2, -0.15) is 13.1 Å². The third kappa shape index (κ3) is 5.08.